The number of aryl methyl sites for hydroxylation is 1. The van der Waals surface area contributed by atoms with Gasteiger partial charge in [0.05, 0.1) is 23.6 Å². The Bertz CT molecular complexity index is 789. The Morgan fingerprint density at radius 3 is 2.57 bits per heavy atom. The smallest absolute Gasteiger partial charge is 0.131 e. The number of aromatic nitrogens is 4. The average molecular weight is 329 g/mol. The predicted molar refractivity (Wildman–Crippen MR) is 94.7 cm³/mol. The largest absolute Gasteiger partial charge is 0.324 e. The van der Waals surface area contributed by atoms with E-state index in [0.29, 0.717) is 6.04 Å². The molecule has 0 bridgehead atoms. The molecule has 122 valence electrons. The maximum atomic E-state index is 4.84. The van der Waals surface area contributed by atoms with Gasteiger partial charge in [0.25, 0.3) is 0 Å². The van der Waals surface area contributed by atoms with E-state index in [-0.39, 0.29) is 6.04 Å². The SMILES string of the molecule is CCc1nnc(CN[C@@H](C)c2nc3ccccc3n2C(C)C)s1. The summed E-state index contributed by atoms with van der Waals surface area (Å²) >= 11 is 1.67. The summed E-state index contributed by atoms with van der Waals surface area (Å²) in [5.74, 6) is 1.07. The topological polar surface area (TPSA) is 55.6 Å². The number of hydrogen-bond donors (Lipinski definition) is 1. The lowest BCUT2D eigenvalue weighted by molar-refractivity contribution is 0.490. The van der Waals surface area contributed by atoms with E-state index in [1.807, 2.05) is 6.07 Å². The number of para-hydroxylation sites is 2. The Labute approximate surface area is 140 Å². The van der Waals surface area contributed by atoms with Crippen molar-refractivity contribution in [3.63, 3.8) is 0 Å². The Morgan fingerprint density at radius 1 is 1.13 bits per heavy atom. The molecule has 0 aliphatic rings. The van der Waals surface area contributed by atoms with Gasteiger partial charge >= 0.3 is 0 Å². The first-order valence-electron chi connectivity index (χ1n) is 8.11. The normalized spacial score (nSPS) is 13.1. The van der Waals surface area contributed by atoms with Crippen molar-refractivity contribution in [1.29, 1.82) is 0 Å². The molecule has 0 fully saturated rings. The van der Waals surface area contributed by atoms with Crippen molar-refractivity contribution >= 4 is 22.4 Å². The molecule has 0 aliphatic carbocycles. The average Bonchev–Trinajstić information content (AvgIpc) is 3.16. The van der Waals surface area contributed by atoms with Crippen molar-refractivity contribution in [3.8, 4) is 0 Å². The molecule has 3 rings (SSSR count). The highest BCUT2D eigenvalue weighted by atomic mass is 32.1. The molecule has 0 radical (unpaired) electrons. The first kappa shape index (κ1) is 16.1. The number of imidazole rings is 1. The summed E-state index contributed by atoms with van der Waals surface area (Å²) in [6.45, 7) is 9.37. The van der Waals surface area contributed by atoms with Gasteiger partial charge in [0.2, 0.25) is 0 Å². The fourth-order valence-electron chi connectivity index (χ4n) is 2.75. The minimum Gasteiger partial charge on any atom is -0.324 e. The molecule has 0 aliphatic heterocycles. The molecule has 0 spiro atoms. The van der Waals surface area contributed by atoms with Crippen molar-refractivity contribution in [2.45, 2.75) is 52.7 Å². The highest BCUT2D eigenvalue weighted by Crippen LogP contribution is 2.25. The summed E-state index contributed by atoms with van der Waals surface area (Å²) in [7, 11) is 0. The fourth-order valence-corrected chi connectivity index (χ4v) is 3.48. The Hall–Kier alpha value is -1.79. The van der Waals surface area contributed by atoms with Gasteiger partial charge in [0.1, 0.15) is 15.8 Å². The van der Waals surface area contributed by atoms with Crippen LogP contribution in [0.4, 0.5) is 0 Å². The number of benzene rings is 1. The van der Waals surface area contributed by atoms with E-state index in [1.165, 1.54) is 5.52 Å². The van der Waals surface area contributed by atoms with Gasteiger partial charge in [-0.15, -0.1) is 21.5 Å². The van der Waals surface area contributed by atoms with E-state index >= 15 is 0 Å². The second-order valence-electron chi connectivity index (χ2n) is 5.97. The predicted octanol–water partition coefficient (Wildman–Crippen LogP) is 3.88. The van der Waals surface area contributed by atoms with Crippen LogP contribution >= 0.6 is 11.3 Å². The number of nitrogens with zero attached hydrogens (tertiary/aromatic N) is 4. The minimum absolute atomic E-state index is 0.152. The lowest BCUT2D eigenvalue weighted by Crippen LogP contribution is -2.22. The third-order valence-corrected chi connectivity index (χ3v) is 4.96. The van der Waals surface area contributed by atoms with Gasteiger partial charge in [0, 0.05) is 6.04 Å². The quantitative estimate of drug-likeness (QED) is 0.745. The summed E-state index contributed by atoms with van der Waals surface area (Å²) in [6, 6.07) is 8.83. The van der Waals surface area contributed by atoms with E-state index < -0.39 is 0 Å². The van der Waals surface area contributed by atoms with Crippen LogP contribution in [-0.2, 0) is 13.0 Å². The molecule has 0 saturated carbocycles. The number of fused-ring (bicyclic) bond motifs is 1. The van der Waals surface area contributed by atoms with Crippen molar-refractivity contribution in [3.05, 3.63) is 40.1 Å². The van der Waals surface area contributed by atoms with Crippen LogP contribution in [0.15, 0.2) is 24.3 Å². The zero-order chi connectivity index (χ0) is 16.4. The zero-order valence-electron chi connectivity index (χ0n) is 14.1. The summed E-state index contributed by atoms with van der Waals surface area (Å²) in [6.07, 6.45) is 0.941. The van der Waals surface area contributed by atoms with Gasteiger partial charge in [-0.2, -0.15) is 0 Å². The van der Waals surface area contributed by atoms with Crippen LogP contribution in [-0.4, -0.2) is 19.7 Å². The standard InChI is InChI=1S/C17H23N5S/c1-5-15-20-21-16(23-15)10-18-12(4)17-19-13-8-6-7-9-14(13)22(17)11(2)3/h6-9,11-12,18H,5,10H2,1-4H3/t12-/m0/s1. The van der Waals surface area contributed by atoms with Crippen LogP contribution in [0.2, 0.25) is 0 Å². The van der Waals surface area contributed by atoms with E-state index in [9.17, 15) is 0 Å². The van der Waals surface area contributed by atoms with Crippen LogP contribution < -0.4 is 5.32 Å². The third kappa shape index (κ3) is 3.28. The molecule has 0 unspecified atom stereocenters. The molecule has 3 aromatic rings. The van der Waals surface area contributed by atoms with Crippen LogP contribution in [0.5, 0.6) is 0 Å². The number of nitrogens with one attached hydrogen (secondary N) is 1. The third-order valence-electron chi connectivity index (χ3n) is 3.90. The maximum absolute atomic E-state index is 4.84. The van der Waals surface area contributed by atoms with E-state index in [2.05, 4.69) is 66.0 Å². The summed E-state index contributed by atoms with van der Waals surface area (Å²) in [5, 5.41) is 14.1. The Kier molecular flexibility index (Phi) is 4.73. The van der Waals surface area contributed by atoms with Crippen molar-refractivity contribution in [2.75, 3.05) is 0 Å². The van der Waals surface area contributed by atoms with E-state index in [4.69, 9.17) is 4.98 Å². The fraction of sp³-hybridized carbons (Fsp3) is 0.471. The van der Waals surface area contributed by atoms with Gasteiger partial charge in [-0.05, 0) is 39.3 Å². The van der Waals surface area contributed by atoms with Crippen LogP contribution in [0.25, 0.3) is 11.0 Å². The second-order valence-corrected chi connectivity index (χ2v) is 7.11. The lowest BCUT2D eigenvalue weighted by atomic mass is 10.2. The van der Waals surface area contributed by atoms with Gasteiger partial charge in [-0.25, -0.2) is 4.98 Å². The molecule has 6 heteroatoms. The van der Waals surface area contributed by atoms with E-state index in [1.54, 1.807) is 11.3 Å². The van der Waals surface area contributed by atoms with Crippen molar-refractivity contribution < 1.29 is 0 Å². The summed E-state index contributed by atoms with van der Waals surface area (Å²) < 4.78 is 2.31. The molecular formula is C17H23N5S. The van der Waals surface area contributed by atoms with Crippen molar-refractivity contribution in [1.82, 2.24) is 25.1 Å². The molecule has 2 heterocycles. The molecule has 23 heavy (non-hydrogen) atoms. The van der Waals surface area contributed by atoms with Crippen LogP contribution in [0.3, 0.4) is 0 Å². The molecule has 0 saturated heterocycles. The van der Waals surface area contributed by atoms with Crippen LogP contribution in [0, 0.1) is 0 Å². The second kappa shape index (κ2) is 6.76. The number of rotatable bonds is 6. The molecule has 1 N–H and O–H groups in total. The maximum Gasteiger partial charge on any atom is 0.131 e. The molecule has 5 nitrogen and oxygen atoms in total. The molecule has 2 aromatic heterocycles. The molecular weight excluding hydrogens is 306 g/mol. The zero-order valence-corrected chi connectivity index (χ0v) is 14.9. The lowest BCUT2D eigenvalue weighted by Gasteiger charge is -2.18. The van der Waals surface area contributed by atoms with Crippen molar-refractivity contribution in [2.24, 2.45) is 0 Å². The first-order chi connectivity index (χ1) is 11.1. The monoisotopic (exact) mass is 329 g/mol. The van der Waals surface area contributed by atoms with Gasteiger partial charge in [-0.3, -0.25) is 0 Å². The van der Waals surface area contributed by atoms with E-state index in [0.717, 1.165) is 34.3 Å². The highest BCUT2D eigenvalue weighted by molar-refractivity contribution is 7.11. The molecule has 1 atom stereocenters. The molecule has 1 aromatic carbocycles. The molecule has 0 amide bonds. The van der Waals surface area contributed by atoms with Gasteiger partial charge in [0.15, 0.2) is 0 Å². The number of hydrogen-bond acceptors (Lipinski definition) is 5. The Morgan fingerprint density at radius 2 is 1.87 bits per heavy atom. The van der Waals surface area contributed by atoms with Crippen LogP contribution in [0.1, 0.15) is 55.6 Å². The highest BCUT2D eigenvalue weighted by Gasteiger charge is 2.18. The van der Waals surface area contributed by atoms with Gasteiger partial charge < -0.3 is 9.88 Å². The van der Waals surface area contributed by atoms with Gasteiger partial charge in [-0.1, -0.05) is 19.1 Å². The summed E-state index contributed by atoms with van der Waals surface area (Å²) in [4.78, 5) is 4.84. The minimum atomic E-state index is 0.152. The Balaban J connectivity index is 1.82. The first-order valence-corrected chi connectivity index (χ1v) is 8.93. The summed E-state index contributed by atoms with van der Waals surface area (Å²) in [5.41, 5.74) is 2.24.